The number of nitriles is 1. The van der Waals surface area contributed by atoms with Gasteiger partial charge < -0.3 is 10.6 Å². The number of nitrogens with one attached hydrogen (secondary N) is 2. The van der Waals surface area contributed by atoms with Crippen molar-refractivity contribution in [1.29, 1.82) is 5.26 Å². The lowest BCUT2D eigenvalue weighted by Gasteiger charge is -2.13. The topological polar surface area (TPSA) is 77.8 Å². The largest absolute Gasteiger partial charge is 0.354 e. The molecular weight excluding hydrogens is 324 g/mol. The highest BCUT2D eigenvalue weighted by molar-refractivity contribution is 5.93. The number of carbonyl (C=O) groups excluding carboxylic acids is 1. The molecule has 0 bridgehead atoms. The molecule has 0 spiro atoms. The Bertz CT molecular complexity index is 851. The molecule has 1 amide bonds. The maximum Gasteiger partial charge on any atom is 0.269 e. The summed E-state index contributed by atoms with van der Waals surface area (Å²) in [5.74, 6) is -0.182. The third kappa shape index (κ3) is 4.70. The van der Waals surface area contributed by atoms with Crippen LogP contribution in [0.3, 0.4) is 0 Å². The van der Waals surface area contributed by atoms with Crippen molar-refractivity contribution in [2.24, 2.45) is 0 Å². The maximum atomic E-state index is 12.3. The van der Waals surface area contributed by atoms with Gasteiger partial charge in [-0.15, -0.1) is 0 Å². The highest BCUT2D eigenvalue weighted by Crippen LogP contribution is 2.21. The number of amides is 1. The number of hydrogen-bond donors (Lipinski definition) is 2. The Morgan fingerprint density at radius 1 is 1.23 bits per heavy atom. The average Bonchev–Trinajstić information content (AvgIpc) is 2.69. The van der Waals surface area contributed by atoms with Gasteiger partial charge in [-0.25, -0.2) is 0 Å². The van der Waals surface area contributed by atoms with Crippen molar-refractivity contribution in [2.75, 3.05) is 11.9 Å². The van der Waals surface area contributed by atoms with Gasteiger partial charge in [-0.2, -0.15) is 5.26 Å². The molecule has 0 saturated carbocycles. The molecule has 0 atom stereocenters. The maximum absolute atomic E-state index is 12.3. The molecule has 26 heavy (non-hydrogen) atoms. The van der Waals surface area contributed by atoms with Gasteiger partial charge in [0.05, 0.1) is 11.3 Å². The van der Waals surface area contributed by atoms with Crippen LogP contribution in [-0.2, 0) is 0 Å². The third-order valence-electron chi connectivity index (χ3n) is 4.44. The first-order chi connectivity index (χ1) is 12.8. The molecule has 1 aliphatic rings. The fraction of sp³-hybridized carbons (Fsp3) is 0.286. The molecular formula is C21H22N4O. The molecule has 5 heteroatoms. The summed E-state index contributed by atoms with van der Waals surface area (Å²) in [7, 11) is 0. The monoisotopic (exact) mass is 346 g/mol. The Morgan fingerprint density at radius 2 is 2.12 bits per heavy atom. The lowest BCUT2D eigenvalue weighted by Crippen LogP contribution is -2.25. The summed E-state index contributed by atoms with van der Waals surface area (Å²) in [5.41, 5.74) is 3.78. The van der Waals surface area contributed by atoms with Gasteiger partial charge in [-0.05, 0) is 56.4 Å². The number of benzene rings is 1. The van der Waals surface area contributed by atoms with Crippen LogP contribution in [0, 0.1) is 11.3 Å². The minimum atomic E-state index is -0.182. The SMILES string of the molecule is N#Cc1ccccc1Nc1ccnc(C(=O)NCCC2=CCCCC2)c1. The Hall–Kier alpha value is -3.13. The molecule has 2 N–H and O–H groups in total. The van der Waals surface area contributed by atoms with Gasteiger partial charge in [-0.3, -0.25) is 9.78 Å². The summed E-state index contributed by atoms with van der Waals surface area (Å²) in [5, 5.41) is 15.3. The zero-order valence-electron chi connectivity index (χ0n) is 14.7. The molecule has 1 aromatic carbocycles. The Morgan fingerprint density at radius 3 is 2.92 bits per heavy atom. The number of pyridine rings is 1. The van der Waals surface area contributed by atoms with Crippen molar-refractivity contribution < 1.29 is 4.79 Å². The fourth-order valence-electron chi connectivity index (χ4n) is 3.04. The highest BCUT2D eigenvalue weighted by Gasteiger charge is 2.10. The first kappa shape index (κ1) is 17.7. The number of allylic oxidation sites excluding steroid dienone is 1. The van der Waals surface area contributed by atoms with Crippen molar-refractivity contribution in [3.63, 3.8) is 0 Å². The summed E-state index contributed by atoms with van der Waals surface area (Å²) in [6.45, 7) is 0.626. The highest BCUT2D eigenvalue weighted by atomic mass is 16.1. The van der Waals surface area contributed by atoms with E-state index in [0.717, 1.165) is 24.9 Å². The fourth-order valence-corrected chi connectivity index (χ4v) is 3.04. The Balaban J connectivity index is 1.60. The molecule has 2 aromatic rings. The molecule has 3 rings (SSSR count). The van der Waals surface area contributed by atoms with Crippen molar-refractivity contribution >= 4 is 17.3 Å². The van der Waals surface area contributed by atoms with Gasteiger partial charge in [0, 0.05) is 18.4 Å². The molecule has 1 aromatic heterocycles. The standard InChI is InChI=1S/C21H22N4O/c22-15-17-8-4-5-9-19(17)25-18-11-13-23-20(14-18)21(26)24-12-10-16-6-2-1-3-7-16/h4-6,8-9,11,13-14H,1-3,7,10,12H2,(H,23,25)(H,24,26). The van der Waals surface area contributed by atoms with Crippen molar-refractivity contribution in [3.8, 4) is 6.07 Å². The zero-order chi connectivity index (χ0) is 18.2. The van der Waals surface area contributed by atoms with Crippen LogP contribution in [0.4, 0.5) is 11.4 Å². The summed E-state index contributed by atoms with van der Waals surface area (Å²) in [4.78, 5) is 16.5. The molecule has 132 valence electrons. The van der Waals surface area contributed by atoms with E-state index >= 15 is 0 Å². The first-order valence-electron chi connectivity index (χ1n) is 8.94. The molecule has 0 unspecified atom stereocenters. The summed E-state index contributed by atoms with van der Waals surface area (Å²) in [6, 6.07) is 12.9. The van der Waals surface area contributed by atoms with Crippen LogP contribution in [0.1, 0.15) is 48.2 Å². The third-order valence-corrected chi connectivity index (χ3v) is 4.44. The zero-order valence-corrected chi connectivity index (χ0v) is 14.7. The van der Waals surface area contributed by atoms with Gasteiger partial charge in [0.15, 0.2) is 0 Å². The number of rotatable bonds is 6. The molecule has 1 aliphatic carbocycles. The molecule has 0 saturated heterocycles. The second-order valence-corrected chi connectivity index (χ2v) is 6.33. The van der Waals surface area contributed by atoms with Crippen LogP contribution in [0.2, 0.25) is 0 Å². The van der Waals surface area contributed by atoms with Gasteiger partial charge in [-0.1, -0.05) is 23.8 Å². The first-order valence-corrected chi connectivity index (χ1v) is 8.94. The Kier molecular flexibility index (Phi) is 6.00. The number of para-hydroxylation sites is 1. The van der Waals surface area contributed by atoms with Gasteiger partial charge in [0.25, 0.3) is 5.91 Å². The smallest absolute Gasteiger partial charge is 0.269 e. The molecule has 1 heterocycles. The van der Waals surface area contributed by atoms with E-state index in [1.165, 1.54) is 18.4 Å². The van der Waals surface area contributed by atoms with Crippen LogP contribution in [0.5, 0.6) is 0 Å². The van der Waals surface area contributed by atoms with E-state index in [9.17, 15) is 10.1 Å². The Labute approximate surface area is 153 Å². The van der Waals surface area contributed by atoms with Crippen molar-refractivity contribution in [1.82, 2.24) is 10.3 Å². The van der Waals surface area contributed by atoms with Crippen LogP contribution in [-0.4, -0.2) is 17.4 Å². The summed E-state index contributed by atoms with van der Waals surface area (Å²) in [6.07, 6.45) is 9.61. The predicted octanol–water partition coefficient (Wildman–Crippen LogP) is 4.32. The summed E-state index contributed by atoms with van der Waals surface area (Å²) < 4.78 is 0. The molecule has 0 aliphatic heterocycles. The van der Waals surface area contributed by atoms with E-state index in [4.69, 9.17) is 0 Å². The molecule has 0 fully saturated rings. The lowest BCUT2D eigenvalue weighted by molar-refractivity contribution is 0.0949. The van der Waals surface area contributed by atoms with Crippen LogP contribution in [0.25, 0.3) is 0 Å². The van der Waals surface area contributed by atoms with E-state index in [-0.39, 0.29) is 5.91 Å². The van der Waals surface area contributed by atoms with Gasteiger partial charge in [0.2, 0.25) is 0 Å². The average molecular weight is 346 g/mol. The number of hydrogen-bond acceptors (Lipinski definition) is 4. The van der Waals surface area contributed by atoms with E-state index in [2.05, 4.69) is 27.8 Å². The van der Waals surface area contributed by atoms with E-state index < -0.39 is 0 Å². The number of anilines is 2. The van der Waals surface area contributed by atoms with E-state index in [1.54, 1.807) is 24.4 Å². The second-order valence-electron chi connectivity index (χ2n) is 6.33. The van der Waals surface area contributed by atoms with Crippen LogP contribution in [0.15, 0.2) is 54.2 Å². The molecule has 5 nitrogen and oxygen atoms in total. The number of nitrogens with zero attached hydrogens (tertiary/aromatic N) is 2. The quantitative estimate of drug-likeness (QED) is 0.764. The summed E-state index contributed by atoms with van der Waals surface area (Å²) >= 11 is 0. The van der Waals surface area contributed by atoms with Crippen LogP contribution < -0.4 is 10.6 Å². The predicted molar refractivity (Wildman–Crippen MR) is 102 cm³/mol. The number of carbonyl (C=O) groups is 1. The normalized spacial score (nSPS) is 13.4. The van der Waals surface area contributed by atoms with E-state index in [0.29, 0.717) is 23.5 Å². The van der Waals surface area contributed by atoms with Crippen LogP contribution >= 0.6 is 0 Å². The minimum absolute atomic E-state index is 0.182. The van der Waals surface area contributed by atoms with Crippen molar-refractivity contribution in [2.45, 2.75) is 32.1 Å². The van der Waals surface area contributed by atoms with Gasteiger partial charge in [0.1, 0.15) is 11.8 Å². The van der Waals surface area contributed by atoms with Gasteiger partial charge >= 0.3 is 0 Å². The lowest BCUT2D eigenvalue weighted by atomic mass is 9.97. The molecule has 0 radical (unpaired) electrons. The minimum Gasteiger partial charge on any atom is -0.354 e. The number of aromatic nitrogens is 1. The second kappa shape index (κ2) is 8.82. The van der Waals surface area contributed by atoms with E-state index in [1.807, 2.05) is 18.2 Å². The van der Waals surface area contributed by atoms with Crippen molar-refractivity contribution in [3.05, 3.63) is 65.5 Å².